The molecule has 0 amide bonds. The minimum Gasteiger partial charge on any atom is -0.496 e. The van der Waals surface area contributed by atoms with Gasteiger partial charge in [-0.3, -0.25) is 9.48 Å². The molecule has 0 saturated carbocycles. The van der Waals surface area contributed by atoms with Gasteiger partial charge in [0.05, 0.1) is 19.2 Å². The number of esters is 1. The van der Waals surface area contributed by atoms with Crippen molar-refractivity contribution in [1.29, 1.82) is 0 Å². The van der Waals surface area contributed by atoms with E-state index in [1.54, 1.807) is 7.11 Å². The lowest BCUT2D eigenvalue weighted by Crippen LogP contribution is -2.11. The first kappa shape index (κ1) is 19.0. The van der Waals surface area contributed by atoms with E-state index >= 15 is 0 Å². The van der Waals surface area contributed by atoms with Crippen molar-refractivity contribution in [2.75, 3.05) is 7.11 Å². The van der Waals surface area contributed by atoms with Crippen molar-refractivity contribution in [2.24, 2.45) is 5.92 Å². The molecular formula is C20H28N2O3. The van der Waals surface area contributed by atoms with Crippen molar-refractivity contribution in [2.45, 2.75) is 54.2 Å². The normalized spacial score (nSPS) is 11.0. The summed E-state index contributed by atoms with van der Waals surface area (Å²) in [6.45, 7) is 11.3. The highest BCUT2D eigenvalue weighted by atomic mass is 16.5. The Hall–Kier alpha value is -2.30. The SMILES string of the molecule is COc1ccc(C)cc1COC(=O)Cc1c(C)nn(CC(C)C)c1C. The first-order valence-electron chi connectivity index (χ1n) is 8.63. The second-order valence-electron chi connectivity index (χ2n) is 6.88. The zero-order valence-electron chi connectivity index (χ0n) is 16.0. The molecule has 1 aromatic carbocycles. The van der Waals surface area contributed by atoms with Gasteiger partial charge in [-0.1, -0.05) is 25.5 Å². The average Bonchev–Trinajstić information content (AvgIpc) is 2.80. The summed E-state index contributed by atoms with van der Waals surface area (Å²) in [7, 11) is 1.62. The lowest BCUT2D eigenvalue weighted by molar-refractivity contribution is -0.144. The smallest absolute Gasteiger partial charge is 0.310 e. The predicted octanol–water partition coefficient (Wildman–Crippen LogP) is 3.76. The zero-order chi connectivity index (χ0) is 18.6. The van der Waals surface area contributed by atoms with E-state index in [-0.39, 0.29) is 19.0 Å². The van der Waals surface area contributed by atoms with E-state index in [1.807, 2.05) is 43.7 Å². The summed E-state index contributed by atoms with van der Waals surface area (Å²) in [5, 5.41) is 4.55. The molecule has 5 heteroatoms. The number of carbonyl (C=O) groups excluding carboxylic acids is 1. The molecule has 0 N–H and O–H groups in total. The molecule has 25 heavy (non-hydrogen) atoms. The van der Waals surface area contributed by atoms with Crippen molar-refractivity contribution in [3.8, 4) is 5.75 Å². The number of aromatic nitrogens is 2. The molecule has 5 nitrogen and oxygen atoms in total. The molecule has 0 spiro atoms. The van der Waals surface area contributed by atoms with Crippen LogP contribution in [0.1, 0.15) is 41.9 Å². The molecule has 0 aliphatic heterocycles. The third kappa shape index (κ3) is 4.84. The van der Waals surface area contributed by atoms with Crippen LogP contribution in [0.5, 0.6) is 5.75 Å². The van der Waals surface area contributed by atoms with Crippen molar-refractivity contribution in [3.05, 3.63) is 46.3 Å². The van der Waals surface area contributed by atoms with E-state index in [4.69, 9.17) is 9.47 Å². The molecule has 1 aromatic heterocycles. The van der Waals surface area contributed by atoms with Crippen LogP contribution in [0.4, 0.5) is 0 Å². The molecule has 0 aliphatic carbocycles. The molecule has 0 bridgehead atoms. The van der Waals surface area contributed by atoms with Crippen LogP contribution in [0.2, 0.25) is 0 Å². The maximum atomic E-state index is 12.3. The standard InChI is InChI=1S/C20H28N2O3/c1-13(2)11-22-16(5)18(15(4)21-22)10-20(23)25-12-17-9-14(3)7-8-19(17)24-6/h7-9,13H,10-12H2,1-6H3. The quantitative estimate of drug-likeness (QED) is 0.718. The molecule has 0 atom stereocenters. The number of carbonyl (C=O) groups is 1. The van der Waals surface area contributed by atoms with Crippen LogP contribution in [0.25, 0.3) is 0 Å². The van der Waals surface area contributed by atoms with Gasteiger partial charge in [-0.25, -0.2) is 0 Å². The zero-order valence-corrected chi connectivity index (χ0v) is 16.0. The molecule has 136 valence electrons. The van der Waals surface area contributed by atoms with E-state index in [0.717, 1.165) is 40.4 Å². The number of hydrogen-bond acceptors (Lipinski definition) is 4. The Balaban J connectivity index is 2.04. The van der Waals surface area contributed by atoms with Crippen LogP contribution in [-0.2, 0) is 29.1 Å². The largest absolute Gasteiger partial charge is 0.496 e. The second-order valence-corrected chi connectivity index (χ2v) is 6.88. The third-order valence-electron chi connectivity index (χ3n) is 4.22. The van der Waals surface area contributed by atoms with Gasteiger partial charge in [0.25, 0.3) is 0 Å². The summed E-state index contributed by atoms with van der Waals surface area (Å²) in [6, 6.07) is 5.84. The van der Waals surface area contributed by atoms with Crippen molar-refractivity contribution in [3.63, 3.8) is 0 Å². The van der Waals surface area contributed by atoms with Gasteiger partial charge in [0, 0.05) is 23.4 Å². The Morgan fingerprint density at radius 3 is 2.60 bits per heavy atom. The van der Waals surface area contributed by atoms with Crippen molar-refractivity contribution >= 4 is 5.97 Å². The number of methoxy groups -OCH3 is 1. The summed E-state index contributed by atoms with van der Waals surface area (Å²) in [5.41, 5.74) is 4.87. The van der Waals surface area contributed by atoms with Crippen LogP contribution >= 0.6 is 0 Å². The minimum atomic E-state index is -0.251. The summed E-state index contributed by atoms with van der Waals surface area (Å²) in [4.78, 5) is 12.3. The minimum absolute atomic E-state index is 0.210. The Kier molecular flexibility index (Phi) is 6.23. The molecule has 0 saturated heterocycles. The summed E-state index contributed by atoms with van der Waals surface area (Å²) >= 11 is 0. The number of ether oxygens (including phenoxy) is 2. The first-order chi connectivity index (χ1) is 11.8. The monoisotopic (exact) mass is 344 g/mol. The number of nitrogens with zero attached hydrogens (tertiary/aromatic N) is 2. The van der Waals surface area contributed by atoms with E-state index in [2.05, 4.69) is 18.9 Å². The molecule has 0 radical (unpaired) electrons. The summed E-state index contributed by atoms with van der Waals surface area (Å²) in [6.07, 6.45) is 0.240. The van der Waals surface area contributed by atoms with E-state index < -0.39 is 0 Å². The summed E-state index contributed by atoms with van der Waals surface area (Å²) < 4.78 is 12.8. The van der Waals surface area contributed by atoms with Gasteiger partial charge in [-0.15, -0.1) is 0 Å². The topological polar surface area (TPSA) is 53.4 Å². The Bertz CT molecular complexity index is 748. The van der Waals surface area contributed by atoms with Gasteiger partial charge < -0.3 is 9.47 Å². The molecular weight excluding hydrogens is 316 g/mol. The fourth-order valence-corrected chi connectivity index (χ4v) is 2.89. The summed E-state index contributed by atoms with van der Waals surface area (Å²) in [5.74, 6) is 0.987. The molecule has 2 aromatic rings. The van der Waals surface area contributed by atoms with Crippen molar-refractivity contribution < 1.29 is 14.3 Å². The van der Waals surface area contributed by atoms with Gasteiger partial charge in [-0.05, 0) is 38.8 Å². The van der Waals surface area contributed by atoms with Crippen LogP contribution < -0.4 is 4.74 Å². The highest BCUT2D eigenvalue weighted by Crippen LogP contribution is 2.21. The van der Waals surface area contributed by atoms with Gasteiger partial charge in [0.2, 0.25) is 0 Å². The van der Waals surface area contributed by atoms with Crippen molar-refractivity contribution in [1.82, 2.24) is 9.78 Å². The molecule has 0 aliphatic rings. The predicted molar refractivity (Wildman–Crippen MR) is 97.8 cm³/mol. The van der Waals surface area contributed by atoms with E-state index in [1.165, 1.54) is 0 Å². The van der Waals surface area contributed by atoms with Gasteiger partial charge in [0.1, 0.15) is 12.4 Å². The number of hydrogen-bond donors (Lipinski definition) is 0. The molecule has 0 fully saturated rings. The number of benzene rings is 1. The fourth-order valence-electron chi connectivity index (χ4n) is 2.89. The second kappa shape index (κ2) is 8.19. The van der Waals surface area contributed by atoms with E-state index in [9.17, 15) is 4.79 Å². The Morgan fingerprint density at radius 2 is 1.96 bits per heavy atom. The Morgan fingerprint density at radius 1 is 1.24 bits per heavy atom. The maximum absolute atomic E-state index is 12.3. The first-order valence-corrected chi connectivity index (χ1v) is 8.63. The molecule has 0 unspecified atom stereocenters. The van der Waals surface area contributed by atoms with Crippen LogP contribution in [0, 0.1) is 26.7 Å². The van der Waals surface area contributed by atoms with E-state index in [0.29, 0.717) is 5.92 Å². The van der Waals surface area contributed by atoms with Gasteiger partial charge in [0.15, 0.2) is 0 Å². The highest BCUT2D eigenvalue weighted by molar-refractivity contribution is 5.73. The third-order valence-corrected chi connectivity index (χ3v) is 4.22. The lowest BCUT2D eigenvalue weighted by Gasteiger charge is -2.11. The molecule has 2 rings (SSSR count). The highest BCUT2D eigenvalue weighted by Gasteiger charge is 2.17. The molecule has 1 heterocycles. The number of rotatable bonds is 7. The average molecular weight is 344 g/mol. The van der Waals surface area contributed by atoms with Gasteiger partial charge in [-0.2, -0.15) is 5.10 Å². The van der Waals surface area contributed by atoms with Crippen LogP contribution in [-0.4, -0.2) is 22.9 Å². The maximum Gasteiger partial charge on any atom is 0.310 e. The van der Waals surface area contributed by atoms with Crippen LogP contribution in [0.15, 0.2) is 18.2 Å². The van der Waals surface area contributed by atoms with Gasteiger partial charge >= 0.3 is 5.97 Å². The Labute approximate surface area is 149 Å². The number of aryl methyl sites for hydroxylation is 2. The fraction of sp³-hybridized carbons (Fsp3) is 0.500. The van der Waals surface area contributed by atoms with Crippen LogP contribution in [0.3, 0.4) is 0 Å². The lowest BCUT2D eigenvalue weighted by atomic mass is 10.1.